The lowest BCUT2D eigenvalue weighted by Crippen LogP contribution is -2.43. The van der Waals surface area contributed by atoms with Crippen LogP contribution in [0.15, 0.2) is 28.1 Å². The number of hydrogen-bond acceptors (Lipinski definition) is 6. The molecule has 3 aromatic heterocycles. The van der Waals surface area contributed by atoms with Crippen molar-refractivity contribution in [1.82, 2.24) is 25.4 Å². The number of halogens is 1. The molecule has 0 radical (unpaired) electrons. The second-order valence-corrected chi connectivity index (χ2v) is 8.67. The Hall–Kier alpha value is -1.91. The summed E-state index contributed by atoms with van der Waals surface area (Å²) >= 11 is 6.24. The van der Waals surface area contributed by atoms with Crippen LogP contribution in [-0.2, 0) is 11.8 Å². The Balaban J connectivity index is 1.60. The predicted molar refractivity (Wildman–Crippen MR) is 106 cm³/mol. The second-order valence-electron chi connectivity index (χ2n) is 5.59. The minimum atomic E-state index is -0.384. The normalized spacial score (nSPS) is 10.9. The van der Waals surface area contributed by atoms with Crippen LogP contribution in [0.25, 0.3) is 10.2 Å². The molecule has 0 aliphatic carbocycles. The van der Waals surface area contributed by atoms with Gasteiger partial charge in [-0.3, -0.25) is 20.4 Å². The van der Waals surface area contributed by atoms with Crippen molar-refractivity contribution in [3.8, 4) is 0 Å². The van der Waals surface area contributed by atoms with Gasteiger partial charge in [-0.15, -0.1) is 11.3 Å². The molecule has 3 heterocycles. The summed E-state index contributed by atoms with van der Waals surface area (Å²) in [7, 11) is 1.75. The van der Waals surface area contributed by atoms with Gasteiger partial charge in [-0.25, -0.2) is 9.97 Å². The zero-order valence-corrected chi connectivity index (χ0v) is 17.5. The van der Waals surface area contributed by atoms with Crippen LogP contribution in [0.3, 0.4) is 0 Å². The van der Waals surface area contributed by atoms with Crippen LogP contribution in [0.5, 0.6) is 0 Å². The number of hydrazine groups is 1. The predicted octanol–water partition coefficient (Wildman–Crippen LogP) is 2.96. The van der Waals surface area contributed by atoms with Gasteiger partial charge in [0, 0.05) is 28.0 Å². The van der Waals surface area contributed by atoms with E-state index >= 15 is 0 Å². The molecule has 0 fully saturated rings. The summed E-state index contributed by atoms with van der Waals surface area (Å²) in [4.78, 5) is 34.8. The summed E-state index contributed by atoms with van der Waals surface area (Å²) in [6.45, 7) is 4.07. The van der Waals surface area contributed by atoms with Crippen LogP contribution in [-0.4, -0.2) is 32.1 Å². The minimum absolute atomic E-state index is 0.136. The number of nitrogens with zero attached hydrogens (tertiary/aromatic N) is 3. The fraction of sp³-hybridized carbons (Fsp3) is 0.250. The van der Waals surface area contributed by atoms with E-state index < -0.39 is 0 Å². The maximum Gasteiger partial charge on any atom is 0.286 e. The maximum absolute atomic E-state index is 12.1. The van der Waals surface area contributed by atoms with Gasteiger partial charge in [0.1, 0.15) is 21.9 Å². The van der Waals surface area contributed by atoms with E-state index in [0.717, 1.165) is 25.3 Å². The number of aryl methyl sites for hydroxylation is 3. The molecule has 0 spiro atoms. The van der Waals surface area contributed by atoms with E-state index in [4.69, 9.17) is 0 Å². The molecule has 10 heteroatoms. The van der Waals surface area contributed by atoms with Gasteiger partial charge < -0.3 is 4.57 Å². The molecule has 0 aromatic carbocycles. The Bertz CT molecular complexity index is 998. The molecule has 0 saturated heterocycles. The van der Waals surface area contributed by atoms with Gasteiger partial charge in [-0.1, -0.05) is 11.8 Å². The SMILES string of the molecule is Cc1sc2ncnc(SCC(=O)NNC(=O)c3cc(Br)cn3C)c2c1C. The van der Waals surface area contributed by atoms with Crippen LogP contribution >= 0.6 is 39.0 Å². The second kappa shape index (κ2) is 7.77. The molecule has 2 N–H and O–H groups in total. The lowest BCUT2D eigenvalue weighted by molar-refractivity contribution is -0.119. The van der Waals surface area contributed by atoms with Gasteiger partial charge >= 0.3 is 0 Å². The molecular weight excluding hydrogens is 438 g/mol. The Kier molecular flexibility index (Phi) is 5.64. The van der Waals surface area contributed by atoms with Crippen LogP contribution < -0.4 is 10.9 Å². The molecular formula is C16H16BrN5O2S2. The van der Waals surface area contributed by atoms with Crippen molar-refractivity contribution in [1.29, 1.82) is 0 Å². The first kappa shape index (κ1) is 18.9. The van der Waals surface area contributed by atoms with Crippen LogP contribution in [0.2, 0.25) is 0 Å². The van der Waals surface area contributed by atoms with Crippen molar-refractivity contribution in [2.75, 3.05) is 5.75 Å². The first-order valence-corrected chi connectivity index (χ1v) is 10.2. The number of fused-ring (bicyclic) bond motifs is 1. The van der Waals surface area contributed by atoms with Gasteiger partial charge in [0.05, 0.1) is 5.75 Å². The van der Waals surface area contributed by atoms with Gasteiger partial charge in [0.15, 0.2) is 0 Å². The quantitative estimate of drug-likeness (QED) is 0.360. The summed E-state index contributed by atoms with van der Waals surface area (Å²) in [5.74, 6) is -0.560. The third kappa shape index (κ3) is 3.92. The van der Waals surface area contributed by atoms with Crippen LogP contribution in [0.1, 0.15) is 20.9 Å². The number of carbonyl (C=O) groups is 2. The Labute approximate surface area is 166 Å². The molecule has 0 unspecified atom stereocenters. The van der Waals surface area contributed by atoms with E-state index in [1.165, 1.54) is 23.0 Å². The monoisotopic (exact) mass is 453 g/mol. The Morgan fingerprint density at radius 3 is 2.77 bits per heavy atom. The van der Waals surface area contributed by atoms with Crippen LogP contribution in [0, 0.1) is 13.8 Å². The molecule has 3 rings (SSSR count). The highest BCUT2D eigenvalue weighted by Gasteiger charge is 2.15. The van der Waals surface area contributed by atoms with Crippen LogP contribution in [0.4, 0.5) is 0 Å². The van der Waals surface area contributed by atoms with E-state index in [0.29, 0.717) is 5.69 Å². The maximum atomic E-state index is 12.1. The first-order chi connectivity index (χ1) is 12.4. The molecule has 2 amide bonds. The van der Waals surface area contributed by atoms with Gasteiger partial charge in [0.2, 0.25) is 5.91 Å². The number of rotatable bonds is 4. The molecule has 26 heavy (non-hydrogen) atoms. The van der Waals surface area contributed by atoms with E-state index in [2.05, 4.69) is 36.7 Å². The Morgan fingerprint density at radius 1 is 1.31 bits per heavy atom. The van der Waals surface area contributed by atoms with Crippen molar-refractivity contribution in [3.63, 3.8) is 0 Å². The fourth-order valence-corrected chi connectivity index (χ4v) is 4.81. The lowest BCUT2D eigenvalue weighted by Gasteiger charge is -2.08. The molecule has 0 atom stereocenters. The largest absolute Gasteiger partial charge is 0.345 e. The molecule has 136 valence electrons. The standard InChI is InChI=1S/C16H16BrN5O2S2/c1-8-9(2)26-16-13(8)15(18-7-19-16)25-6-12(23)20-21-14(24)11-4-10(17)5-22(11)3/h4-5,7H,6H2,1-3H3,(H,20,23)(H,21,24). The third-order valence-electron chi connectivity index (χ3n) is 3.79. The number of aromatic nitrogens is 3. The average molecular weight is 454 g/mol. The van der Waals surface area contributed by atoms with E-state index in [1.54, 1.807) is 35.2 Å². The molecule has 0 aliphatic heterocycles. The fourth-order valence-electron chi connectivity index (χ4n) is 2.37. The highest BCUT2D eigenvalue weighted by atomic mass is 79.9. The number of carbonyl (C=O) groups excluding carboxylic acids is 2. The van der Waals surface area contributed by atoms with Crippen molar-refractivity contribution in [2.24, 2.45) is 7.05 Å². The lowest BCUT2D eigenvalue weighted by atomic mass is 10.2. The Morgan fingerprint density at radius 2 is 2.08 bits per heavy atom. The van der Waals surface area contributed by atoms with Crippen molar-refractivity contribution in [2.45, 2.75) is 18.9 Å². The third-order valence-corrected chi connectivity index (χ3v) is 6.33. The van der Waals surface area contributed by atoms with Crippen molar-refractivity contribution in [3.05, 3.63) is 39.2 Å². The molecule has 3 aromatic rings. The summed E-state index contributed by atoms with van der Waals surface area (Å²) in [6, 6.07) is 1.68. The van der Waals surface area contributed by atoms with Crippen molar-refractivity contribution >= 4 is 61.1 Å². The topological polar surface area (TPSA) is 88.9 Å². The van der Waals surface area contributed by atoms with Gasteiger partial charge in [0.25, 0.3) is 5.91 Å². The van der Waals surface area contributed by atoms with Gasteiger partial charge in [-0.05, 0) is 41.4 Å². The number of thioether (sulfide) groups is 1. The minimum Gasteiger partial charge on any atom is -0.345 e. The number of thiophene rings is 1. The molecule has 0 aliphatic rings. The number of amides is 2. The summed E-state index contributed by atoms with van der Waals surface area (Å²) in [6.07, 6.45) is 3.27. The highest BCUT2D eigenvalue weighted by molar-refractivity contribution is 9.10. The van der Waals surface area contributed by atoms with E-state index in [-0.39, 0.29) is 17.6 Å². The van der Waals surface area contributed by atoms with Crippen molar-refractivity contribution < 1.29 is 9.59 Å². The number of nitrogens with one attached hydrogen (secondary N) is 2. The van der Waals surface area contributed by atoms with Gasteiger partial charge in [-0.2, -0.15) is 0 Å². The number of hydrogen-bond donors (Lipinski definition) is 2. The molecule has 0 saturated carbocycles. The smallest absolute Gasteiger partial charge is 0.286 e. The summed E-state index contributed by atoms with van der Waals surface area (Å²) in [5.41, 5.74) is 6.42. The summed E-state index contributed by atoms with van der Waals surface area (Å²) in [5, 5.41) is 1.76. The zero-order valence-electron chi connectivity index (χ0n) is 14.3. The highest BCUT2D eigenvalue weighted by Crippen LogP contribution is 2.34. The average Bonchev–Trinajstić information content (AvgIpc) is 3.09. The first-order valence-electron chi connectivity index (χ1n) is 7.61. The van der Waals surface area contributed by atoms with E-state index in [9.17, 15) is 9.59 Å². The summed E-state index contributed by atoms with van der Waals surface area (Å²) < 4.78 is 2.46. The molecule has 0 bridgehead atoms. The van der Waals surface area contributed by atoms with E-state index in [1.807, 2.05) is 13.8 Å². The molecule has 7 nitrogen and oxygen atoms in total. The zero-order chi connectivity index (χ0) is 18.8.